The van der Waals surface area contributed by atoms with Gasteiger partial charge in [-0.1, -0.05) is 65.7 Å². The molecule has 0 saturated carbocycles. The van der Waals surface area contributed by atoms with E-state index in [2.05, 4.69) is 10.6 Å². The van der Waals surface area contributed by atoms with E-state index in [1.54, 1.807) is 44.2 Å². The molecule has 0 bridgehead atoms. The van der Waals surface area contributed by atoms with Crippen LogP contribution in [0.1, 0.15) is 35.5 Å². The molecule has 214 valence electrons. The Kier molecular flexibility index (Phi) is 10.4. The maximum Gasteiger partial charge on any atom is 0.354 e. The van der Waals surface area contributed by atoms with E-state index in [1.165, 1.54) is 0 Å². The average molecular weight is 597 g/mol. The van der Waals surface area contributed by atoms with Gasteiger partial charge >= 0.3 is 11.9 Å². The van der Waals surface area contributed by atoms with E-state index in [-0.39, 0.29) is 25.7 Å². The van der Waals surface area contributed by atoms with E-state index in [9.17, 15) is 14.4 Å². The predicted octanol–water partition coefficient (Wildman–Crippen LogP) is 5.88. The second-order valence-electron chi connectivity index (χ2n) is 9.25. The summed E-state index contributed by atoms with van der Waals surface area (Å²) >= 11 is 12.3. The van der Waals surface area contributed by atoms with E-state index in [0.29, 0.717) is 39.8 Å². The van der Waals surface area contributed by atoms with Gasteiger partial charge in [0.05, 0.1) is 41.0 Å². The van der Waals surface area contributed by atoms with Crippen LogP contribution in [0.2, 0.25) is 10.0 Å². The minimum atomic E-state index is -0.693. The fraction of sp³-hybridized carbons (Fsp3) is 0.258. The molecule has 0 radical (unpaired) electrons. The largest absolute Gasteiger partial charge is 0.465 e. The molecule has 4 rings (SSSR count). The summed E-state index contributed by atoms with van der Waals surface area (Å²) in [4.78, 5) is 38.5. The van der Waals surface area contributed by atoms with Gasteiger partial charge in [-0.15, -0.1) is 0 Å². The zero-order chi connectivity index (χ0) is 29.4. The molecule has 0 aliphatic heterocycles. The number of rotatable bonds is 12. The van der Waals surface area contributed by atoms with Gasteiger partial charge in [0.1, 0.15) is 11.7 Å². The van der Waals surface area contributed by atoms with Crippen molar-refractivity contribution in [1.82, 2.24) is 9.88 Å². The predicted molar refractivity (Wildman–Crippen MR) is 161 cm³/mol. The van der Waals surface area contributed by atoms with Crippen LogP contribution in [0.15, 0.2) is 72.8 Å². The third-order valence-corrected chi connectivity index (χ3v) is 7.13. The summed E-state index contributed by atoms with van der Waals surface area (Å²) < 4.78 is 12.3. The standard InChI is InChI=1S/C31H31Cl2N3O5/c1-3-40-30(38)26(16-20-9-6-5-7-10-20)34-18-29(37)35-25-11-8-12-27-22(25)17-28(31(39)41-4-2)36(27)19-21-13-14-23(32)24(33)15-21/h5-15,17,26,34H,3-4,16,18-19H2,1-2H3,(H,35,37). The number of hydrogen-bond acceptors (Lipinski definition) is 6. The molecule has 2 N–H and O–H groups in total. The summed E-state index contributed by atoms with van der Waals surface area (Å²) in [6.45, 7) is 4.14. The number of halogens is 2. The fourth-order valence-electron chi connectivity index (χ4n) is 4.50. The zero-order valence-corrected chi connectivity index (χ0v) is 24.3. The smallest absolute Gasteiger partial charge is 0.354 e. The fourth-order valence-corrected chi connectivity index (χ4v) is 4.82. The second-order valence-corrected chi connectivity index (χ2v) is 10.1. The molecule has 3 aromatic carbocycles. The molecule has 1 atom stereocenters. The van der Waals surface area contributed by atoms with Crippen molar-refractivity contribution >= 4 is 57.6 Å². The quantitative estimate of drug-likeness (QED) is 0.199. The lowest BCUT2D eigenvalue weighted by Gasteiger charge is -2.17. The van der Waals surface area contributed by atoms with E-state index in [1.807, 2.05) is 47.0 Å². The summed E-state index contributed by atoms with van der Waals surface area (Å²) in [6, 6.07) is 21.2. The SMILES string of the molecule is CCOC(=O)c1cc2c(NC(=O)CNC(Cc3ccccc3)C(=O)OCC)cccc2n1Cc1ccc(Cl)c(Cl)c1. The van der Waals surface area contributed by atoms with Gasteiger partial charge in [0, 0.05) is 11.9 Å². The van der Waals surface area contributed by atoms with Gasteiger partial charge in [0.15, 0.2) is 0 Å². The summed E-state index contributed by atoms with van der Waals surface area (Å²) in [6.07, 6.45) is 0.378. The van der Waals surface area contributed by atoms with Crippen molar-refractivity contribution in [3.05, 3.63) is 99.7 Å². The van der Waals surface area contributed by atoms with Crippen LogP contribution in [0.25, 0.3) is 10.9 Å². The summed E-state index contributed by atoms with van der Waals surface area (Å²) in [5, 5.41) is 7.44. The Balaban J connectivity index is 1.57. The third kappa shape index (κ3) is 7.67. The van der Waals surface area contributed by atoms with Crippen molar-refractivity contribution in [1.29, 1.82) is 0 Å². The highest BCUT2D eigenvalue weighted by Crippen LogP contribution is 2.30. The van der Waals surface area contributed by atoms with Crippen molar-refractivity contribution in [2.75, 3.05) is 25.1 Å². The number of nitrogens with zero attached hydrogens (tertiary/aromatic N) is 1. The minimum Gasteiger partial charge on any atom is -0.465 e. The van der Waals surface area contributed by atoms with Crippen LogP contribution in [0, 0.1) is 0 Å². The number of ether oxygens (including phenoxy) is 2. The molecule has 8 nitrogen and oxygen atoms in total. The molecule has 0 fully saturated rings. The van der Waals surface area contributed by atoms with E-state index < -0.39 is 18.0 Å². The molecule has 0 aliphatic rings. The normalized spacial score (nSPS) is 11.7. The molecule has 0 aliphatic carbocycles. The van der Waals surface area contributed by atoms with Gasteiger partial charge in [0.25, 0.3) is 0 Å². The summed E-state index contributed by atoms with van der Waals surface area (Å²) in [7, 11) is 0. The van der Waals surface area contributed by atoms with Gasteiger partial charge in [-0.25, -0.2) is 4.79 Å². The first-order chi connectivity index (χ1) is 19.8. The Morgan fingerprint density at radius 3 is 2.32 bits per heavy atom. The molecule has 4 aromatic rings. The second kappa shape index (κ2) is 14.2. The van der Waals surface area contributed by atoms with Crippen LogP contribution in [-0.4, -0.2) is 48.2 Å². The van der Waals surface area contributed by atoms with Crippen LogP contribution in [0.3, 0.4) is 0 Å². The topological polar surface area (TPSA) is 98.7 Å². The molecule has 0 spiro atoms. The van der Waals surface area contributed by atoms with Crippen LogP contribution < -0.4 is 10.6 Å². The molecule has 1 amide bonds. The van der Waals surface area contributed by atoms with Crippen molar-refractivity contribution in [2.24, 2.45) is 0 Å². The highest BCUT2D eigenvalue weighted by Gasteiger charge is 2.22. The number of nitrogens with one attached hydrogen (secondary N) is 2. The molecule has 0 saturated heterocycles. The van der Waals surface area contributed by atoms with Gasteiger partial charge < -0.3 is 19.4 Å². The van der Waals surface area contributed by atoms with Crippen molar-refractivity contribution in [3.8, 4) is 0 Å². The van der Waals surface area contributed by atoms with Gasteiger partial charge in [-0.05, 0) is 61.7 Å². The minimum absolute atomic E-state index is 0.124. The molecular formula is C31H31Cl2N3O5. The van der Waals surface area contributed by atoms with E-state index in [0.717, 1.165) is 16.6 Å². The first-order valence-electron chi connectivity index (χ1n) is 13.3. The number of carbonyl (C=O) groups is 3. The number of aromatic nitrogens is 1. The van der Waals surface area contributed by atoms with Crippen molar-refractivity contribution in [3.63, 3.8) is 0 Å². The van der Waals surface area contributed by atoms with E-state index >= 15 is 0 Å². The van der Waals surface area contributed by atoms with Crippen LogP contribution in [0.4, 0.5) is 5.69 Å². The lowest BCUT2D eigenvalue weighted by Crippen LogP contribution is -2.43. The molecule has 1 unspecified atom stereocenters. The van der Waals surface area contributed by atoms with Crippen LogP contribution >= 0.6 is 23.2 Å². The van der Waals surface area contributed by atoms with Crippen LogP contribution in [-0.2, 0) is 32.0 Å². The van der Waals surface area contributed by atoms with Gasteiger partial charge in [-0.3, -0.25) is 14.9 Å². The Morgan fingerprint density at radius 1 is 0.854 bits per heavy atom. The number of amides is 1. The highest BCUT2D eigenvalue weighted by molar-refractivity contribution is 6.42. The first kappa shape index (κ1) is 30.1. The zero-order valence-electron chi connectivity index (χ0n) is 22.8. The number of hydrogen-bond donors (Lipinski definition) is 2. The van der Waals surface area contributed by atoms with Crippen molar-refractivity contribution in [2.45, 2.75) is 32.9 Å². The Morgan fingerprint density at radius 2 is 1.61 bits per heavy atom. The Bertz CT molecular complexity index is 1540. The molecule has 1 aromatic heterocycles. The first-order valence-corrected chi connectivity index (χ1v) is 14.0. The Hall–Kier alpha value is -3.85. The Labute approximate surface area is 248 Å². The van der Waals surface area contributed by atoms with E-state index in [4.69, 9.17) is 32.7 Å². The lowest BCUT2D eigenvalue weighted by molar-refractivity contribution is -0.145. The summed E-state index contributed by atoms with van der Waals surface area (Å²) in [5.41, 5.74) is 3.35. The molecular weight excluding hydrogens is 565 g/mol. The van der Waals surface area contributed by atoms with Gasteiger partial charge in [-0.2, -0.15) is 0 Å². The molecule has 1 heterocycles. The number of carbonyl (C=O) groups excluding carboxylic acids is 3. The van der Waals surface area contributed by atoms with Gasteiger partial charge in [0.2, 0.25) is 5.91 Å². The number of benzene rings is 3. The third-order valence-electron chi connectivity index (χ3n) is 6.39. The maximum atomic E-state index is 13.0. The molecule has 41 heavy (non-hydrogen) atoms. The maximum absolute atomic E-state index is 13.0. The lowest BCUT2D eigenvalue weighted by atomic mass is 10.1. The average Bonchev–Trinajstić information content (AvgIpc) is 3.33. The highest BCUT2D eigenvalue weighted by atomic mass is 35.5. The molecule has 10 heteroatoms. The number of esters is 2. The monoisotopic (exact) mass is 595 g/mol. The summed E-state index contributed by atoms with van der Waals surface area (Å²) in [5.74, 6) is -1.26. The van der Waals surface area contributed by atoms with Crippen molar-refractivity contribution < 1.29 is 23.9 Å². The number of fused-ring (bicyclic) bond motifs is 1. The van der Waals surface area contributed by atoms with Crippen LogP contribution in [0.5, 0.6) is 0 Å². The number of anilines is 1.